The maximum Gasteiger partial charge on any atom is 0.142 e. The fraction of sp³-hybridized carbons (Fsp3) is 0.176. The number of nitrogen functional groups attached to an aromatic ring is 1. The molecule has 0 aromatic carbocycles. The Balaban J connectivity index is 2.28. The molecule has 116 valence electrons. The molecule has 3 N–H and O–H groups in total. The van der Waals surface area contributed by atoms with Crippen LogP contribution in [0, 0.1) is 25.2 Å². The van der Waals surface area contributed by atoms with Crippen molar-refractivity contribution in [3.8, 4) is 28.0 Å². The van der Waals surface area contributed by atoms with Crippen molar-refractivity contribution in [3.05, 3.63) is 46.0 Å². The van der Waals surface area contributed by atoms with Gasteiger partial charge < -0.3 is 15.3 Å². The van der Waals surface area contributed by atoms with Crippen molar-refractivity contribution in [2.45, 2.75) is 20.5 Å². The summed E-state index contributed by atoms with van der Waals surface area (Å²) in [6, 6.07) is 9.54. The van der Waals surface area contributed by atoms with Gasteiger partial charge in [0.25, 0.3) is 0 Å². The molecular formula is C17H15N3O2S. The Kier molecular flexibility index (Phi) is 3.90. The second kappa shape index (κ2) is 5.88. The number of rotatable bonds is 3. The van der Waals surface area contributed by atoms with E-state index in [1.165, 1.54) is 4.88 Å². The summed E-state index contributed by atoms with van der Waals surface area (Å²) in [4.78, 5) is 6.58. The summed E-state index contributed by atoms with van der Waals surface area (Å²) in [6.45, 7) is 3.73. The number of anilines is 1. The van der Waals surface area contributed by atoms with Crippen LogP contribution in [0.4, 0.5) is 5.82 Å². The highest BCUT2D eigenvalue weighted by atomic mass is 32.1. The number of aryl methyl sites for hydroxylation is 1. The number of aliphatic hydroxyl groups is 1. The Morgan fingerprint density at radius 3 is 2.65 bits per heavy atom. The lowest BCUT2D eigenvalue weighted by atomic mass is 9.99. The summed E-state index contributed by atoms with van der Waals surface area (Å²) in [5, 5.41) is 18.6. The molecule has 0 atom stereocenters. The number of hydrogen-bond acceptors (Lipinski definition) is 6. The van der Waals surface area contributed by atoms with E-state index in [0.29, 0.717) is 22.6 Å². The van der Waals surface area contributed by atoms with Gasteiger partial charge in [-0.25, -0.2) is 4.98 Å². The summed E-state index contributed by atoms with van der Waals surface area (Å²) in [6.07, 6.45) is 0. The van der Waals surface area contributed by atoms with Crippen LogP contribution in [0.2, 0.25) is 0 Å². The van der Waals surface area contributed by atoms with Crippen molar-refractivity contribution < 1.29 is 9.52 Å². The van der Waals surface area contributed by atoms with Crippen molar-refractivity contribution in [1.29, 1.82) is 5.26 Å². The van der Waals surface area contributed by atoms with E-state index in [0.717, 1.165) is 16.1 Å². The van der Waals surface area contributed by atoms with E-state index in [4.69, 9.17) is 10.2 Å². The Hall–Kier alpha value is -2.62. The first-order chi connectivity index (χ1) is 11.0. The third-order valence-corrected chi connectivity index (χ3v) is 4.63. The molecule has 0 spiro atoms. The number of nitriles is 1. The minimum atomic E-state index is -0.196. The van der Waals surface area contributed by atoms with Crippen molar-refractivity contribution >= 4 is 17.2 Å². The molecular weight excluding hydrogens is 310 g/mol. The molecule has 3 aromatic heterocycles. The quantitative estimate of drug-likeness (QED) is 0.766. The van der Waals surface area contributed by atoms with Crippen LogP contribution in [0.3, 0.4) is 0 Å². The van der Waals surface area contributed by atoms with Gasteiger partial charge in [0.15, 0.2) is 0 Å². The van der Waals surface area contributed by atoms with Gasteiger partial charge in [-0.3, -0.25) is 0 Å². The van der Waals surface area contributed by atoms with E-state index >= 15 is 0 Å². The second-order valence-electron chi connectivity index (χ2n) is 5.17. The first-order valence-corrected chi connectivity index (χ1v) is 7.83. The van der Waals surface area contributed by atoms with Gasteiger partial charge in [-0.15, -0.1) is 11.3 Å². The van der Waals surface area contributed by atoms with E-state index in [1.54, 1.807) is 23.5 Å². The number of aliphatic hydroxyl groups excluding tert-OH is 1. The second-order valence-corrected chi connectivity index (χ2v) is 6.45. The molecule has 5 nitrogen and oxygen atoms in total. The number of nitrogens with two attached hydrogens (primary N) is 1. The molecule has 0 aliphatic carbocycles. The molecule has 0 aliphatic heterocycles. The summed E-state index contributed by atoms with van der Waals surface area (Å²) in [5.41, 5.74) is 8.50. The monoisotopic (exact) mass is 325 g/mol. The van der Waals surface area contributed by atoms with Crippen LogP contribution in [-0.2, 0) is 6.61 Å². The summed E-state index contributed by atoms with van der Waals surface area (Å²) in [5.74, 6) is 1.12. The van der Waals surface area contributed by atoms with E-state index in [2.05, 4.69) is 11.1 Å². The lowest BCUT2D eigenvalue weighted by Crippen LogP contribution is -2.02. The number of hydrogen-bond donors (Lipinski definition) is 2. The summed E-state index contributed by atoms with van der Waals surface area (Å²) in [7, 11) is 0. The van der Waals surface area contributed by atoms with E-state index in [9.17, 15) is 10.4 Å². The standard InChI is InChI=1S/C17H15N3O2S/c1-9-3-6-14(23-9)16-10(2)15(12(7-18)17(19)20-16)13-5-4-11(8-21)22-13/h3-6,21H,8H2,1-2H3,(H2,19,20). The molecule has 0 aliphatic rings. The highest BCUT2D eigenvalue weighted by Crippen LogP contribution is 2.38. The maximum atomic E-state index is 9.46. The zero-order valence-electron chi connectivity index (χ0n) is 12.8. The number of nitrogens with zero attached hydrogens (tertiary/aromatic N) is 2. The molecule has 3 aromatic rings. The average molecular weight is 325 g/mol. The zero-order chi connectivity index (χ0) is 16.6. The lowest BCUT2D eigenvalue weighted by molar-refractivity contribution is 0.248. The number of furan rings is 1. The third-order valence-electron chi connectivity index (χ3n) is 3.62. The van der Waals surface area contributed by atoms with Crippen molar-refractivity contribution in [3.63, 3.8) is 0 Å². The Morgan fingerprint density at radius 2 is 2.09 bits per heavy atom. The highest BCUT2D eigenvalue weighted by molar-refractivity contribution is 7.15. The van der Waals surface area contributed by atoms with Crippen molar-refractivity contribution in [2.24, 2.45) is 0 Å². The minimum Gasteiger partial charge on any atom is -0.459 e. The highest BCUT2D eigenvalue weighted by Gasteiger charge is 2.21. The van der Waals surface area contributed by atoms with Gasteiger partial charge in [0, 0.05) is 10.4 Å². The Labute approximate surface area is 137 Å². The lowest BCUT2D eigenvalue weighted by Gasteiger charge is -2.12. The van der Waals surface area contributed by atoms with Gasteiger partial charge in [-0.2, -0.15) is 5.26 Å². The molecule has 0 bridgehead atoms. The van der Waals surface area contributed by atoms with Crippen LogP contribution in [0.5, 0.6) is 0 Å². The zero-order valence-corrected chi connectivity index (χ0v) is 13.6. The van der Waals surface area contributed by atoms with E-state index in [1.807, 2.05) is 26.0 Å². The molecule has 0 amide bonds. The molecule has 3 rings (SSSR count). The van der Waals surface area contributed by atoms with Gasteiger partial charge in [0.2, 0.25) is 0 Å². The van der Waals surface area contributed by atoms with Crippen LogP contribution in [0.25, 0.3) is 21.9 Å². The summed E-state index contributed by atoms with van der Waals surface area (Å²) >= 11 is 1.62. The molecule has 3 heterocycles. The van der Waals surface area contributed by atoms with Crippen LogP contribution >= 0.6 is 11.3 Å². The van der Waals surface area contributed by atoms with Gasteiger partial charge in [0.1, 0.15) is 35.6 Å². The van der Waals surface area contributed by atoms with Crippen molar-refractivity contribution in [1.82, 2.24) is 4.98 Å². The normalized spacial score (nSPS) is 10.7. The van der Waals surface area contributed by atoms with Crippen LogP contribution in [-0.4, -0.2) is 10.1 Å². The van der Waals surface area contributed by atoms with Crippen LogP contribution < -0.4 is 5.73 Å². The molecule has 0 radical (unpaired) electrons. The number of pyridine rings is 1. The predicted octanol–water partition coefficient (Wildman–Crippen LogP) is 3.63. The molecule has 0 saturated heterocycles. The minimum absolute atomic E-state index is 0.177. The first kappa shape index (κ1) is 15.3. The SMILES string of the molecule is Cc1ccc(-c2nc(N)c(C#N)c(-c3ccc(CO)o3)c2C)s1. The van der Waals surface area contributed by atoms with Gasteiger partial charge >= 0.3 is 0 Å². The van der Waals surface area contributed by atoms with Crippen LogP contribution in [0.15, 0.2) is 28.7 Å². The fourth-order valence-electron chi connectivity index (χ4n) is 2.51. The number of thiophene rings is 1. The Bertz CT molecular complexity index is 919. The molecule has 0 unspecified atom stereocenters. The predicted molar refractivity (Wildman–Crippen MR) is 89.8 cm³/mol. The van der Waals surface area contributed by atoms with E-state index < -0.39 is 0 Å². The molecule has 23 heavy (non-hydrogen) atoms. The third kappa shape index (κ3) is 2.61. The van der Waals surface area contributed by atoms with Gasteiger partial charge in [0.05, 0.1) is 10.6 Å². The smallest absolute Gasteiger partial charge is 0.142 e. The average Bonchev–Trinajstić information content (AvgIpc) is 3.17. The molecule has 0 fully saturated rings. The van der Waals surface area contributed by atoms with Gasteiger partial charge in [-0.05, 0) is 43.7 Å². The van der Waals surface area contributed by atoms with Crippen LogP contribution in [0.1, 0.15) is 21.8 Å². The Morgan fingerprint density at radius 1 is 1.30 bits per heavy atom. The van der Waals surface area contributed by atoms with Gasteiger partial charge in [-0.1, -0.05) is 0 Å². The molecule has 0 saturated carbocycles. The largest absolute Gasteiger partial charge is 0.459 e. The topological polar surface area (TPSA) is 96.1 Å². The maximum absolute atomic E-state index is 9.46. The van der Waals surface area contributed by atoms with E-state index in [-0.39, 0.29) is 12.4 Å². The molecule has 6 heteroatoms. The fourth-order valence-corrected chi connectivity index (χ4v) is 3.43. The van der Waals surface area contributed by atoms with Crippen molar-refractivity contribution in [2.75, 3.05) is 5.73 Å². The summed E-state index contributed by atoms with van der Waals surface area (Å²) < 4.78 is 5.61. The first-order valence-electron chi connectivity index (χ1n) is 7.02. The number of aromatic nitrogens is 1.